The van der Waals surface area contributed by atoms with Crippen molar-refractivity contribution >= 4 is 28.4 Å². The summed E-state index contributed by atoms with van der Waals surface area (Å²) in [5, 5.41) is 10.4. The van der Waals surface area contributed by atoms with Crippen molar-refractivity contribution in [1.82, 2.24) is 4.98 Å². The Hall–Kier alpha value is -1.48. The summed E-state index contributed by atoms with van der Waals surface area (Å²) < 4.78 is 0.172. The first kappa shape index (κ1) is 13.0. The summed E-state index contributed by atoms with van der Waals surface area (Å²) in [4.78, 5) is 5.59. The Kier molecular flexibility index (Phi) is 3.35. The van der Waals surface area contributed by atoms with Crippen LogP contribution < -0.4 is 0 Å². The van der Waals surface area contributed by atoms with Gasteiger partial charge in [0, 0.05) is 15.0 Å². The smallest absolute Gasteiger partial charge is 0.134 e. The second-order valence-corrected chi connectivity index (χ2v) is 7.11. The minimum Gasteiger partial charge on any atom is -0.506 e. The van der Waals surface area contributed by atoms with Crippen molar-refractivity contribution < 1.29 is 5.11 Å². The van der Waals surface area contributed by atoms with E-state index in [2.05, 4.69) is 50.5 Å². The molecule has 0 radical (unpaired) electrons. The predicted molar refractivity (Wildman–Crippen MR) is 79.0 cm³/mol. The van der Waals surface area contributed by atoms with E-state index in [4.69, 9.17) is 0 Å². The van der Waals surface area contributed by atoms with Gasteiger partial charge in [-0.05, 0) is 18.2 Å². The fourth-order valence-corrected chi connectivity index (χ4v) is 2.69. The van der Waals surface area contributed by atoms with E-state index < -0.39 is 0 Å². The number of rotatable bonds is 2. The molecule has 0 aliphatic carbocycles. The van der Waals surface area contributed by atoms with Crippen LogP contribution in [-0.2, 0) is 0 Å². The summed E-state index contributed by atoms with van der Waals surface area (Å²) in [6.07, 6.45) is 0. The zero-order valence-electron chi connectivity index (χ0n) is 10.9. The normalized spacial score (nSPS) is 11.7. The Morgan fingerprint density at radius 1 is 1.22 bits per heavy atom. The van der Waals surface area contributed by atoms with Gasteiger partial charge in [0.1, 0.15) is 11.5 Å². The van der Waals surface area contributed by atoms with Crippen LogP contribution in [0.4, 0.5) is 0 Å². The van der Waals surface area contributed by atoms with E-state index in [1.54, 1.807) is 17.8 Å². The molecular formula is C15H17NOS. The van der Waals surface area contributed by atoms with Gasteiger partial charge in [0.15, 0.2) is 0 Å². The highest BCUT2D eigenvalue weighted by Gasteiger charge is 2.12. The van der Waals surface area contributed by atoms with E-state index in [-0.39, 0.29) is 10.5 Å². The molecule has 0 saturated heterocycles. The van der Waals surface area contributed by atoms with Gasteiger partial charge in [-0.15, -0.1) is 11.8 Å². The number of aliphatic hydroxyl groups is 1. The predicted octanol–water partition coefficient (Wildman–Crippen LogP) is 4.65. The molecule has 0 fully saturated rings. The van der Waals surface area contributed by atoms with Crippen LogP contribution in [-0.4, -0.2) is 14.8 Å². The molecule has 0 aliphatic heterocycles. The van der Waals surface area contributed by atoms with Crippen molar-refractivity contribution in [2.45, 2.75) is 30.4 Å². The van der Waals surface area contributed by atoms with Crippen molar-refractivity contribution in [2.24, 2.45) is 0 Å². The minimum atomic E-state index is 0.00535. The number of nitrogens with zero attached hydrogens (tertiary/aromatic N) is 1. The number of pyridine rings is 1. The summed E-state index contributed by atoms with van der Waals surface area (Å²) in [5.41, 5.74) is 1.41. The molecule has 1 N–H and O–H groups in total. The average molecular weight is 259 g/mol. The van der Waals surface area contributed by atoms with Crippen LogP contribution >= 0.6 is 11.8 Å². The van der Waals surface area contributed by atoms with Crippen LogP contribution in [0.25, 0.3) is 16.7 Å². The van der Waals surface area contributed by atoms with Crippen LogP contribution in [0.3, 0.4) is 0 Å². The number of hydrogen-bond donors (Lipinski definition) is 1. The zero-order chi connectivity index (χ0) is 13.3. The van der Waals surface area contributed by atoms with Gasteiger partial charge < -0.3 is 5.11 Å². The maximum absolute atomic E-state index is 9.38. The molecule has 0 spiro atoms. The Labute approximate surface area is 112 Å². The molecule has 18 heavy (non-hydrogen) atoms. The van der Waals surface area contributed by atoms with Gasteiger partial charge in [-0.25, -0.2) is 4.98 Å². The Balaban J connectivity index is 2.45. The number of aromatic nitrogens is 1. The third-order valence-electron chi connectivity index (χ3n) is 2.38. The minimum absolute atomic E-state index is 0.00535. The molecule has 1 aromatic heterocycles. The van der Waals surface area contributed by atoms with Crippen molar-refractivity contribution in [1.29, 1.82) is 0 Å². The van der Waals surface area contributed by atoms with E-state index in [9.17, 15) is 5.11 Å². The molecular weight excluding hydrogens is 242 g/mol. The lowest BCUT2D eigenvalue weighted by Crippen LogP contribution is -2.06. The molecule has 0 saturated carbocycles. The summed E-state index contributed by atoms with van der Waals surface area (Å²) >= 11 is 1.80. The average Bonchev–Trinajstić information content (AvgIpc) is 2.25. The Morgan fingerprint density at radius 3 is 2.50 bits per heavy atom. The maximum atomic E-state index is 9.38. The molecule has 2 nitrogen and oxygen atoms in total. The van der Waals surface area contributed by atoms with E-state index >= 15 is 0 Å². The Bertz CT molecular complexity index is 599. The highest BCUT2D eigenvalue weighted by molar-refractivity contribution is 8.00. The van der Waals surface area contributed by atoms with E-state index in [1.165, 1.54) is 4.90 Å². The molecule has 1 aromatic carbocycles. The maximum Gasteiger partial charge on any atom is 0.134 e. The molecule has 0 unspecified atom stereocenters. The zero-order valence-corrected chi connectivity index (χ0v) is 11.7. The van der Waals surface area contributed by atoms with Gasteiger partial charge in [0.25, 0.3) is 0 Å². The third kappa shape index (κ3) is 3.05. The molecule has 2 aromatic rings. The monoisotopic (exact) mass is 259 g/mol. The molecule has 0 amide bonds. The summed E-state index contributed by atoms with van der Waals surface area (Å²) in [6, 6.07) is 9.94. The second kappa shape index (κ2) is 4.65. The number of aliphatic hydroxyl groups excluding tert-OH is 1. The van der Waals surface area contributed by atoms with Crippen LogP contribution in [0, 0.1) is 0 Å². The van der Waals surface area contributed by atoms with Crippen LogP contribution in [0.5, 0.6) is 0 Å². The molecule has 0 bridgehead atoms. The molecule has 0 atom stereocenters. The van der Waals surface area contributed by atoms with Gasteiger partial charge in [0.05, 0.1) is 5.52 Å². The molecule has 94 valence electrons. The summed E-state index contributed by atoms with van der Waals surface area (Å²) in [7, 11) is 0. The Morgan fingerprint density at radius 2 is 1.89 bits per heavy atom. The number of benzene rings is 1. The van der Waals surface area contributed by atoms with Gasteiger partial charge in [-0.3, -0.25) is 0 Å². The highest BCUT2D eigenvalue weighted by atomic mass is 32.2. The van der Waals surface area contributed by atoms with Crippen molar-refractivity contribution in [3.8, 4) is 0 Å². The fraction of sp³-hybridized carbons (Fsp3) is 0.267. The first-order chi connectivity index (χ1) is 8.35. The lowest BCUT2D eigenvalue weighted by atomic mass is 10.2. The molecule has 0 aliphatic rings. The number of thioether (sulfide) groups is 1. The quantitative estimate of drug-likeness (QED) is 0.629. The first-order valence-electron chi connectivity index (χ1n) is 5.83. The molecule has 2 rings (SSSR count). The molecule has 3 heteroatoms. The van der Waals surface area contributed by atoms with Crippen LogP contribution in [0.1, 0.15) is 26.5 Å². The lowest BCUT2D eigenvalue weighted by molar-refractivity contribution is 0.511. The lowest BCUT2D eigenvalue weighted by Gasteiger charge is -2.17. The number of hydrogen-bond acceptors (Lipinski definition) is 3. The van der Waals surface area contributed by atoms with Crippen molar-refractivity contribution in [2.75, 3.05) is 0 Å². The van der Waals surface area contributed by atoms with Crippen LogP contribution in [0.2, 0.25) is 0 Å². The fourth-order valence-electron chi connectivity index (χ4n) is 1.67. The highest BCUT2D eigenvalue weighted by Crippen LogP contribution is 2.33. The SMILES string of the molecule is C=C(O)c1ccc2ccc(SC(C)(C)C)cc2n1. The first-order valence-corrected chi connectivity index (χ1v) is 6.65. The topological polar surface area (TPSA) is 33.1 Å². The molecule has 1 heterocycles. The summed E-state index contributed by atoms with van der Waals surface area (Å²) in [6.45, 7) is 10.0. The largest absolute Gasteiger partial charge is 0.506 e. The van der Waals surface area contributed by atoms with E-state index in [1.807, 2.05) is 6.07 Å². The second-order valence-electron chi connectivity index (χ2n) is 5.21. The van der Waals surface area contributed by atoms with E-state index in [0.717, 1.165) is 10.9 Å². The third-order valence-corrected chi connectivity index (χ3v) is 3.49. The van der Waals surface area contributed by atoms with Gasteiger partial charge in [0.2, 0.25) is 0 Å². The van der Waals surface area contributed by atoms with E-state index in [0.29, 0.717) is 5.69 Å². The van der Waals surface area contributed by atoms with Gasteiger partial charge >= 0.3 is 0 Å². The van der Waals surface area contributed by atoms with Gasteiger partial charge in [-0.1, -0.05) is 39.5 Å². The van der Waals surface area contributed by atoms with Crippen LogP contribution in [0.15, 0.2) is 41.8 Å². The summed E-state index contributed by atoms with van der Waals surface area (Å²) in [5.74, 6) is 0.00535. The van der Waals surface area contributed by atoms with Crippen molar-refractivity contribution in [3.05, 3.63) is 42.6 Å². The standard InChI is InChI=1S/C15H17NOS/c1-10(17)13-8-6-11-5-7-12(9-14(11)16-13)18-15(2,3)4/h5-9,17H,1H2,2-4H3. The van der Waals surface area contributed by atoms with Gasteiger partial charge in [-0.2, -0.15) is 0 Å². The number of fused-ring (bicyclic) bond motifs is 1. The van der Waals surface area contributed by atoms with Crippen molar-refractivity contribution in [3.63, 3.8) is 0 Å².